The average Bonchev–Trinajstić information content (AvgIpc) is 2.12. The van der Waals surface area contributed by atoms with Crippen LogP contribution in [0.1, 0.15) is 11.1 Å². The summed E-state index contributed by atoms with van der Waals surface area (Å²) in [5, 5.41) is 0. The largest absolute Gasteiger partial charge is 0.417 e. The summed E-state index contributed by atoms with van der Waals surface area (Å²) in [5.74, 6) is -1.68. The van der Waals surface area contributed by atoms with Crippen LogP contribution in [0.5, 0.6) is 0 Å². The summed E-state index contributed by atoms with van der Waals surface area (Å²) < 4.78 is 80.7. The second-order valence-corrected chi connectivity index (χ2v) is 4.41. The molecule has 8 heteroatoms. The van der Waals surface area contributed by atoms with Crippen molar-refractivity contribution in [1.82, 2.24) is 0 Å². The Labute approximate surface area is 94.1 Å². The van der Waals surface area contributed by atoms with Gasteiger partial charge in [0.05, 0.1) is 5.56 Å². The van der Waals surface area contributed by atoms with E-state index in [4.69, 9.17) is 4.55 Å². The van der Waals surface area contributed by atoms with Gasteiger partial charge in [0.15, 0.2) is 0 Å². The van der Waals surface area contributed by atoms with Crippen molar-refractivity contribution in [1.29, 1.82) is 0 Å². The second kappa shape index (κ2) is 4.11. The molecule has 0 fully saturated rings. The molecule has 0 atom stereocenters. The Bertz CT molecular complexity index is 560. The van der Waals surface area contributed by atoms with E-state index in [-0.39, 0.29) is 5.56 Å². The standard InChI is InChI=1S/C9H6F4O3S/c1-2-5-3-6(9(11,12)13)8(7(10)4-5)17(14,15)16/h2-4H,1H2,(H,14,15,16). The summed E-state index contributed by atoms with van der Waals surface area (Å²) in [4.78, 5) is -1.78. The third-order valence-electron chi connectivity index (χ3n) is 1.86. The van der Waals surface area contributed by atoms with Gasteiger partial charge in [-0.3, -0.25) is 4.55 Å². The molecule has 1 rings (SSSR count). The fourth-order valence-electron chi connectivity index (χ4n) is 1.20. The summed E-state index contributed by atoms with van der Waals surface area (Å²) in [6, 6.07) is 0.921. The molecule has 0 unspecified atom stereocenters. The normalized spacial score (nSPS) is 12.5. The van der Waals surface area contributed by atoms with E-state index < -0.39 is 32.6 Å². The highest BCUT2D eigenvalue weighted by Crippen LogP contribution is 2.36. The van der Waals surface area contributed by atoms with Gasteiger partial charge in [-0.05, 0) is 17.7 Å². The van der Waals surface area contributed by atoms with Crippen molar-refractivity contribution in [3.8, 4) is 0 Å². The Balaban J connectivity index is 3.76. The number of hydrogen-bond acceptors (Lipinski definition) is 2. The molecule has 3 nitrogen and oxygen atoms in total. The maximum Gasteiger partial charge on any atom is 0.417 e. The second-order valence-electron chi connectivity index (χ2n) is 3.06. The van der Waals surface area contributed by atoms with Crippen molar-refractivity contribution in [3.63, 3.8) is 0 Å². The van der Waals surface area contributed by atoms with Crippen LogP contribution in [-0.2, 0) is 16.3 Å². The van der Waals surface area contributed by atoms with Gasteiger partial charge in [-0.2, -0.15) is 21.6 Å². The fraction of sp³-hybridized carbons (Fsp3) is 0.111. The van der Waals surface area contributed by atoms with Gasteiger partial charge in [0, 0.05) is 0 Å². The quantitative estimate of drug-likeness (QED) is 0.664. The molecule has 0 aliphatic heterocycles. The molecule has 0 saturated heterocycles. The first-order valence-corrected chi connectivity index (χ1v) is 5.52. The van der Waals surface area contributed by atoms with Crippen molar-refractivity contribution in [2.24, 2.45) is 0 Å². The van der Waals surface area contributed by atoms with Crippen LogP contribution in [0.15, 0.2) is 23.6 Å². The third-order valence-corrected chi connectivity index (χ3v) is 2.80. The lowest BCUT2D eigenvalue weighted by Gasteiger charge is -2.12. The van der Waals surface area contributed by atoms with E-state index in [1.54, 1.807) is 0 Å². The van der Waals surface area contributed by atoms with Crippen LogP contribution in [0, 0.1) is 5.82 Å². The Morgan fingerprint density at radius 2 is 1.82 bits per heavy atom. The maximum atomic E-state index is 13.2. The molecular formula is C9H6F4O3S. The van der Waals surface area contributed by atoms with Crippen LogP contribution >= 0.6 is 0 Å². The zero-order valence-corrected chi connectivity index (χ0v) is 8.94. The lowest BCUT2D eigenvalue weighted by Crippen LogP contribution is -2.15. The lowest BCUT2D eigenvalue weighted by atomic mass is 10.1. The van der Waals surface area contributed by atoms with E-state index in [2.05, 4.69) is 6.58 Å². The first-order valence-electron chi connectivity index (χ1n) is 4.08. The van der Waals surface area contributed by atoms with E-state index in [0.29, 0.717) is 12.1 Å². The van der Waals surface area contributed by atoms with E-state index in [1.807, 2.05) is 0 Å². The maximum absolute atomic E-state index is 13.2. The molecule has 0 bridgehead atoms. The average molecular weight is 270 g/mol. The van der Waals surface area contributed by atoms with Gasteiger partial charge in [0.2, 0.25) is 0 Å². The monoisotopic (exact) mass is 270 g/mol. The van der Waals surface area contributed by atoms with E-state index in [1.165, 1.54) is 0 Å². The number of halogens is 4. The van der Waals surface area contributed by atoms with E-state index in [9.17, 15) is 26.0 Å². The first kappa shape index (κ1) is 13.7. The van der Waals surface area contributed by atoms with Crippen LogP contribution in [0.4, 0.5) is 17.6 Å². The predicted octanol–water partition coefficient (Wildman–Crippen LogP) is 2.73. The highest BCUT2D eigenvalue weighted by molar-refractivity contribution is 7.85. The van der Waals surface area contributed by atoms with Crippen molar-refractivity contribution in [2.45, 2.75) is 11.1 Å². The van der Waals surface area contributed by atoms with Gasteiger partial charge in [-0.25, -0.2) is 4.39 Å². The Morgan fingerprint density at radius 1 is 1.29 bits per heavy atom. The smallest absolute Gasteiger partial charge is 0.282 e. The molecule has 1 aromatic rings. The van der Waals surface area contributed by atoms with Crippen molar-refractivity contribution in [2.75, 3.05) is 0 Å². The molecule has 17 heavy (non-hydrogen) atoms. The van der Waals surface area contributed by atoms with Gasteiger partial charge in [-0.1, -0.05) is 12.7 Å². The minimum Gasteiger partial charge on any atom is -0.282 e. The third kappa shape index (κ3) is 2.83. The highest BCUT2D eigenvalue weighted by Gasteiger charge is 2.39. The molecule has 0 saturated carbocycles. The molecule has 1 N–H and O–H groups in total. The summed E-state index contributed by atoms with van der Waals surface area (Å²) in [6.07, 6.45) is -4.18. The molecule has 0 aliphatic carbocycles. The Morgan fingerprint density at radius 3 is 2.18 bits per heavy atom. The van der Waals surface area contributed by atoms with Crippen LogP contribution in [-0.4, -0.2) is 13.0 Å². The molecular weight excluding hydrogens is 264 g/mol. The Kier molecular flexibility index (Phi) is 3.30. The Hall–Kier alpha value is -1.41. The summed E-state index contributed by atoms with van der Waals surface area (Å²) in [5.41, 5.74) is -2.02. The minimum absolute atomic E-state index is 0.248. The highest BCUT2D eigenvalue weighted by atomic mass is 32.2. The minimum atomic E-state index is -5.30. The van der Waals surface area contributed by atoms with E-state index >= 15 is 0 Å². The fourth-order valence-corrected chi connectivity index (χ4v) is 1.96. The number of hydrogen-bond donors (Lipinski definition) is 1. The SMILES string of the molecule is C=Cc1cc(F)c(S(=O)(=O)O)c(C(F)(F)F)c1. The van der Waals surface area contributed by atoms with Gasteiger partial charge in [-0.15, -0.1) is 0 Å². The molecule has 0 aliphatic rings. The van der Waals surface area contributed by atoms with Crippen molar-refractivity contribution >= 4 is 16.2 Å². The molecule has 1 aromatic carbocycles. The van der Waals surface area contributed by atoms with Crippen LogP contribution in [0.25, 0.3) is 6.08 Å². The van der Waals surface area contributed by atoms with Gasteiger partial charge < -0.3 is 0 Å². The van der Waals surface area contributed by atoms with Gasteiger partial charge in [0.25, 0.3) is 10.1 Å². The summed E-state index contributed by atoms with van der Waals surface area (Å²) in [6.45, 7) is 3.14. The molecule has 0 amide bonds. The van der Waals surface area contributed by atoms with Gasteiger partial charge >= 0.3 is 6.18 Å². The molecule has 0 radical (unpaired) electrons. The zero-order chi connectivity index (χ0) is 13.4. The number of rotatable bonds is 2. The molecule has 0 spiro atoms. The first-order chi connectivity index (χ1) is 7.57. The van der Waals surface area contributed by atoms with Crippen LogP contribution < -0.4 is 0 Å². The zero-order valence-electron chi connectivity index (χ0n) is 8.12. The van der Waals surface area contributed by atoms with Crippen molar-refractivity contribution in [3.05, 3.63) is 35.7 Å². The summed E-state index contributed by atoms with van der Waals surface area (Å²) >= 11 is 0. The molecule has 0 aromatic heterocycles. The van der Waals surface area contributed by atoms with Gasteiger partial charge in [0.1, 0.15) is 10.7 Å². The topological polar surface area (TPSA) is 54.4 Å². The van der Waals surface area contributed by atoms with E-state index in [0.717, 1.165) is 6.08 Å². The number of benzene rings is 1. The van der Waals surface area contributed by atoms with Crippen molar-refractivity contribution < 1.29 is 30.5 Å². The van der Waals surface area contributed by atoms with Crippen LogP contribution in [0.2, 0.25) is 0 Å². The molecule has 94 valence electrons. The van der Waals surface area contributed by atoms with Crippen LogP contribution in [0.3, 0.4) is 0 Å². The molecule has 0 heterocycles. The lowest BCUT2D eigenvalue weighted by molar-refractivity contribution is -0.140. The summed E-state index contributed by atoms with van der Waals surface area (Å²) in [7, 11) is -5.30. The number of alkyl halides is 3. The predicted molar refractivity (Wildman–Crippen MR) is 51.3 cm³/mol.